The van der Waals surface area contributed by atoms with Crippen LogP contribution in [0.5, 0.6) is 0 Å². The number of nitrogens with one attached hydrogen (secondary N) is 2. The van der Waals surface area contributed by atoms with Crippen molar-refractivity contribution in [2.24, 2.45) is 10.9 Å². The Morgan fingerprint density at radius 2 is 2.12 bits per heavy atom. The third-order valence-electron chi connectivity index (χ3n) is 5.15. The van der Waals surface area contributed by atoms with Gasteiger partial charge in [-0.1, -0.05) is 0 Å². The summed E-state index contributed by atoms with van der Waals surface area (Å²) in [4.78, 5) is 6.91. The van der Waals surface area contributed by atoms with E-state index >= 15 is 0 Å². The Balaban J connectivity index is 0.00000338. The van der Waals surface area contributed by atoms with Gasteiger partial charge >= 0.3 is 0 Å². The highest BCUT2D eigenvalue weighted by atomic mass is 127. The van der Waals surface area contributed by atoms with Crippen LogP contribution in [0.4, 0.5) is 0 Å². The van der Waals surface area contributed by atoms with E-state index in [9.17, 15) is 0 Å². The van der Waals surface area contributed by atoms with Crippen LogP contribution in [0.3, 0.4) is 0 Å². The summed E-state index contributed by atoms with van der Waals surface area (Å²) in [6.07, 6.45) is 6.24. The Hall–Kier alpha value is -0.120. The number of hydrogen-bond acceptors (Lipinski definition) is 4. The van der Waals surface area contributed by atoms with Gasteiger partial charge in [-0.2, -0.15) is 0 Å². The molecule has 2 N–H and O–H groups in total. The van der Waals surface area contributed by atoms with Gasteiger partial charge < -0.3 is 25.0 Å². The predicted octanol–water partition coefficient (Wildman–Crippen LogP) is 2.48. The standard InChI is InChI=1S/C19H38N4O2.HI/c1-16(2)23-10-4-7-17(14-23)13-22-19(20-3)21-9-6-11-24-15-18-8-5-12-25-18;/h16-18H,4-15H2,1-3H3,(H2,20,21,22);1H. The highest BCUT2D eigenvalue weighted by molar-refractivity contribution is 14.0. The minimum Gasteiger partial charge on any atom is -0.379 e. The Morgan fingerprint density at radius 1 is 1.27 bits per heavy atom. The molecule has 2 fully saturated rings. The molecular formula is C19H39IN4O2. The highest BCUT2D eigenvalue weighted by Gasteiger charge is 2.21. The van der Waals surface area contributed by atoms with E-state index in [4.69, 9.17) is 9.47 Å². The van der Waals surface area contributed by atoms with Gasteiger partial charge in [0.05, 0.1) is 12.7 Å². The molecule has 0 aromatic carbocycles. The fourth-order valence-corrected chi connectivity index (χ4v) is 3.57. The molecule has 2 heterocycles. The molecule has 0 aliphatic carbocycles. The molecule has 0 saturated carbocycles. The predicted molar refractivity (Wildman–Crippen MR) is 119 cm³/mol. The smallest absolute Gasteiger partial charge is 0.190 e. The summed E-state index contributed by atoms with van der Waals surface area (Å²) in [5.41, 5.74) is 0. The summed E-state index contributed by atoms with van der Waals surface area (Å²) >= 11 is 0. The van der Waals surface area contributed by atoms with Gasteiger partial charge in [0, 0.05) is 45.9 Å². The molecule has 0 aromatic rings. The van der Waals surface area contributed by atoms with E-state index in [0.717, 1.165) is 51.7 Å². The summed E-state index contributed by atoms with van der Waals surface area (Å²) in [7, 11) is 1.84. The molecule has 0 radical (unpaired) electrons. The van der Waals surface area contributed by atoms with Gasteiger partial charge in [-0.3, -0.25) is 4.99 Å². The van der Waals surface area contributed by atoms with Crippen LogP contribution in [0, 0.1) is 5.92 Å². The summed E-state index contributed by atoms with van der Waals surface area (Å²) in [6, 6.07) is 0.648. The van der Waals surface area contributed by atoms with Crippen molar-refractivity contribution >= 4 is 29.9 Å². The SMILES string of the molecule is CN=C(NCCCOCC1CCCO1)NCC1CCCN(C(C)C)C1.I. The van der Waals surface area contributed by atoms with Crippen LogP contribution in [0.1, 0.15) is 46.0 Å². The number of piperidine rings is 1. The molecule has 2 unspecified atom stereocenters. The molecule has 2 atom stereocenters. The Bertz CT molecular complexity index is 390. The van der Waals surface area contributed by atoms with Gasteiger partial charge in [0.25, 0.3) is 0 Å². The zero-order valence-electron chi connectivity index (χ0n) is 16.8. The average Bonchev–Trinajstić information content (AvgIpc) is 3.14. The maximum absolute atomic E-state index is 5.69. The first kappa shape index (κ1) is 23.9. The topological polar surface area (TPSA) is 58.1 Å². The fraction of sp³-hybridized carbons (Fsp3) is 0.947. The van der Waals surface area contributed by atoms with Crippen LogP contribution >= 0.6 is 24.0 Å². The third-order valence-corrected chi connectivity index (χ3v) is 5.15. The van der Waals surface area contributed by atoms with Crippen LogP contribution in [-0.2, 0) is 9.47 Å². The van der Waals surface area contributed by atoms with E-state index in [2.05, 4.69) is 34.4 Å². The van der Waals surface area contributed by atoms with Gasteiger partial charge in [-0.25, -0.2) is 0 Å². The summed E-state index contributed by atoms with van der Waals surface area (Å²) in [5, 5.41) is 6.87. The number of ether oxygens (including phenoxy) is 2. The van der Waals surface area contributed by atoms with E-state index < -0.39 is 0 Å². The number of nitrogens with zero attached hydrogens (tertiary/aromatic N) is 2. The first-order valence-corrected chi connectivity index (χ1v) is 10.1. The van der Waals surface area contributed by atoms with Gasteiger partial charge in [0.1, 0.15) is 0 Å². The van der Waals surface area contributed by atoms with Crippen molar-refractivity contribution in [1.82, 2.24) is 15.5 Å². The lowest BCUT2D eigenvalue weighted by atomic mass is 9.97. The third kappa shape index (κ3) is 9.19. The molecule has 2 aliphatic heterocycles. The van der Waals surface area contributed by atoms with Gasteiger partial charge in [0.15, 0.2) is 5.96 Å². The lowest BCUT2D eigenvalue weighted by molar-refractivity contribution is 0.0168. The minimum absolute atomic E-state index is 0. The maximum atomic E-state index is 5.69. The first-order chi connectivity index (χ1) is 12.2. The Kier molecular flexibility index (Phi) is 12.8. The van der Waals surface area contributed by atoms with E-state index in [-0.39, 0.29) is 24.0 Å². The second-order valence-electron chi connectivity index (χ2n) is 7.54. The van der Waals surface area contributed by atoms with Crippen LogP contribution in [0.25, 0.3) is 0 Å². The van der Waals surface area contributed by atoms with E-state index in [1.165, 1.54) is 32.4 Å². The van der Waals surface area contributed by atoms with Crippen LogP contribution in [0.2, 0.25) is 0 Å². The van der Waals surface area contributed by atoms with Crippen molar-refractivity contribution in [3.8, 4) is 0 Å². The Labute approximate surface area is 176 Å². The van der Waals surface area contributed by atoms with Crippen molar-refractivity contribution in [3.05, 3.63) is 0 Å². The molecule has 2 rings (SSSR count). The normalized spacial score (nSPS) is 24.5. The van der Waals surface area contributed by atoms with Crippen molar-refractivity contribution in [2.45, 2.75) is 58.1 Å². The zero-order chi connectivity index (χ0) is 17.9. The van der Waals surface area contributed by atoms with Crippen molar-refractivity contribution in [2.75, 3.05) is 53.0 Å². The van der Waals surface area contributed by atoms with E-state index in [1.807, 2.05) is 7.05 Å². The quantitative estimate of drug-likeness (QED) is 0.229. The van der Waals surface area contributed by atoms with Crippen LogP contribution in [-0.4, -0.2) is 76.1 Å². The molecule has 0 aromatic heterocycles. The van der Waals surface area contributed by atoms with Crippen molar-refractivity contribution < 1.29 is 9.47 Å². The van der Waals surface area contributed by atoms with Crippen molar-refractivity contribution in [3.63, 3.8) is 0 Å². The number of likely N-dealkylation sites (tertiary alicyclic amines) is 1. The largest absolute Gasteiger partial charge is 0.379 e. The molecule has 26 heavy (non-hydrogen) atoms. The molecule has 6 nitrogen and oxygen atoms in total. The lowest BCUT2D eigenvalue weighted by Gasteiger charge is -2.35. The summed E-state index contributed by atoms with van der Waals surface area (Å²) in [5.74, 6) is 1.62. The molecule has 2 saturated heterocycles. The van der Waals surface area contributed by atoms with Crippen LogP contribution < -0.4 is 10.6 Å². The number of guanidine groups is 1. The Morgan fingerprint density at radius 3 is 2.81 bits per heavy atom. The number of aliphatic imine (C=N–C) groups is 1. The fourth-order valence-electron chi connectivity index (χ4n) is 3.57. The van der Waals surface area contributed by atoms with Gasteiger partial charge in [-0.05, 0) is 58.4 Å². The molecule has 0 spiro atoms. The molecule has 2 aliphatic rings. The zero-order valence-corrected chi connectivity index (χ0v) is 19.2. The molecule has 154 valence electrons. The van der Waals surface area contributed by atoms with Gasteiger partial charge in [0.2, 0.25) is 0 Å². The number of hydrogen-bond donors (Lipinski definition) is 2. The van der Waals surface area contributed by atoms with E-state index in [1.54, 1.807) is 0 Å². The molecule has 0 bridgehead atoms. The monoisotopic (exact) mass is 482 g/mol. The number of halogens is 1. The highest BCUT2D eigenvalue weighted by Crippen LogP contribution is 2.17. The minimum atomic E-state index is 0. The second kappa shape index (κ2) is 14.0. The number of rotatable bonds is 9. The molecule has 0 amide bonds. The maximum Gasteiger partial charge on any atom is 0.190 e. The average molecular weight is 482 g/mol. The van der Waals surface area contributed by atoms with Crippen LogP contribution in [0.15, 0.2) is 4.99 Å². The van der Waals surface area contributed by atoms with Gasteiger partial charge in [-0.15, -0.1) is 24.0 Å². The second-order valence-corrected chi connectivity index (χ2v) is 7.54. The first-order valence-electron chi connectivity index (χ1n) is 10.1. The summed E-state index contributed by atoms with van der Waals surface area (Å²) in [6.45, 7) is 11.3. The molecular weight excluding hydrogens is 443 g/mol. The van der Waals surface area contributed by atoms with Crippen molar-refractivity contribution in [1.29, 1.82) is 0 Å². The lowest BCUT2D eigenvalue weighted by Crippen LogP contribution is -2.46. The molecule has 7 heteroatoms. The van der Waals surface area contributed by atoms with E-state index in [0.29, 0.717) is 18.1 Å². The summed E-state index contributed by atoms with van der Waals surface area (Å²) < 4.78 is 11.2.